The number of nitrogens with one attached hydrogen (secondary N) is 1. The minimum absolute atomic E-state index is 0.147. The van der Waals surface area contributed by atoms with Crippen molar-refractivity contribution in [2.75, 3.05) is 6.54 Å². The molecule has 0 fully saturated rings. The van der Waals surface area contributed by atoms with Gasteiger partial charge in [0.1, 0.15) is 5.82 Å². The van der Waals surface area contributed by atoms with Gasteiger partial charge in [0.25, 0.3) is 0 Å². The molecule has 16 heavy (non-hydrogen) atoms. The molecule has 1 rings (SSSR count). The van der Waals surface area contributed by atoms with Crippen molar-refractivity contribution in [1.82, 2.24) is 10.3 Å². The van der Waals surface area contributed by atoms with E-state index in [1.807, 2.05) is 12.2 Å². The van der Waals surface area contributed by atoms with Crippen LogP contribution >= 0.6 is 0 Å². The molecule has 0 amide bonds. The van der Waals surface area contributed by atoms with E-state index in [1.54, 1.807) is 6.20 Å². The molecular weight excluding hydrogens is 203 g/mol. The maximum absolute atomic E-state index is 12.8. The molecule has 0 radical (unpaired) electrons. The lowest BCUT2D eigenvalue weighted by Crippen LogP contribution is -2.36. The lowest BCUT2D eigenvalue weighted by atomic mass is 10.1. The molecule has 0 aromatic carbocycles. The van der Waals surface area contributed by atoms with E-state index in [1.165, 1.54) is 12.3 Å². The Kier molecular flexibility index (Phi) is 4.62. The van der Waals surface area contributed by atoms with Gasteiger partial charge in [-0.05, 0) is 45.4 Å². The minimum Gasteiger partial charge on any atom is -0.312 e. The van der Waals surface area contributed by atoms with Crippen molar-refractivity contribution in [2.45, 2.75) is 32.7 Å². The van der Waals surface area contributed by atoms with Gasteiger partial charge in [-0.15, -0.1) is 0 Å². The summed E-state index contributed by atoms with van der Waals surface area (Å²) in [6, 6.07) is 1.47. The molecule has 1 aromatic heterocycles. The second kappa shape index (κ2) is 5.75. The van der Waals surface area contributed by atoms with Gasteiger partial charge in [0, 0.05) is 11.7 Å². The first-order chi connectivity index (χ1) is 7.47. The Hall–Kier alpha value is -1.22. The minimum atomic E-state index is -0.296. The molecule has 0 aliphatic heterocycles. The van der Waals surface area contributed by atoms with Crippen LogP contribution in [0.25, 0.3) is 6.08 Å². The Morgan fingerprint density at radius 1 is 1.38 bits per heavy atom. The largest absolute Gasteiger partial charge is 0.312 e. The van der Waals surface area contributed by atoms with E-state index in [0.29, 0.717) is 0 Å². The van der Waals surface area contributed by atoms with Crippen LogP contribution in [0.1, 0.15) is 32.8 Å². The Morgan fingerprint density at radius 2 is 2.12 bits per heavy atom. The molecule has 0 saturated carbocycles. The molecule has 2 nitrogen and oxygen atoms in total. The Labute approximate surface area is 96.6 Å². The molecule has 0 aliphatic rings. The van der Waals surface area contributed by atoms with Crippen LogP contribution in [-0.4, -0.2) is 17.1 Å². The predicted molar refractivity (Wildman–Crippen MR) is 65.6 cm³/mol. The van der Waals surface area contributed by atoms with Crippen LogP contribution in [0.3, 0.4) is 0 Å². The van der Waals surface area contributed by atoms with E-state index in [9.17, 15) is 4.39 Å². The summed E-state index contributed by atoms with van der Waals surface area (Å²) in [6.07, 6.45) is 7.69. The third-order valence-electron chi connectivity index (χ3n) is 2.00. The maximum atomic E-state index is 12.8. The van der Waals surface area contributed by atoms with E-state index in [2.05, 4.69) is 31.1 Å². The third-order valence-corrected chi connectivity index (χ3v) is 2.00. The van der Waals surface area contributed by atoms with Gasteiger partial charge < -0.3 is 5.32 Å². The average Bonchev–Trinajstić information content (AvgIpc) is 2.15. The summed E-state index contributed by atoms with van der Waals surface area (Å²) in [5, 5.41) is 3.38. The number of rotatable bonds is 4. The molecule has 1 N–H and O–H groups in total. The fraction of sp³-hybridized carbons (Fsp3) is 0.462. The Morgan fingerprint density at radius 3 is 2.75 bits per heavy atom. The first-order valence-corrected chi connectivity index (χ1v) is 5.49. The van der Waals surface area contributed by atoms with E-state index >= 15 is 0 Å². The van der Waals surface area contributed by atoms with Crippen molar-refractivity contribution in [3.05, 3.63) is 35.9 Å². The average molecular weight is 222 g/mol. The number of hydrogen-bond donors (Lipinski definition) is 1. The molecule has 0 bridgehead atoms. The summed E-state index contributed by atoms with van der Waals surface area (Å²) in [4.78, 5) is 3.78. The second-order valence-corrected chi connectivity index (χ2v) is 4.80. The van der Waals surface area contributed by atoms with Crippen LogP contribution in [-0.2, 0) is 0 Å². The summed E-state index contributed by atoms with van der Waals surface area (Å²) >= 11 is 0. The van der Waals surface area contributed by atoms with Gasteiger partial charge in [-0.25, -0.2) is 4.39 Å². The lowest BCUT2D eigenvalue weighted by Gasteiger charge is -2.19. The van der Waals surface area contributed by atoms with E-state index in [0.717, 1.165) is 18.5 Å². The molecule has 1 heterocycles. The number of hydrogen-bond acceptors (Lipinski definition) is 2. The fourth-order valence-electron chi connectivity index (χ4n) is 1.27. The summed E-state index contributed by atoms with van der Waals surface area (Å²) in [7, 11) is 0. The number of aromatic nitrogens is 1. The fourth-order valence-corrected chi connectivity index (χ4v) is 1.27. The monoisotopic (exact) mass is 222 g/mol. The van der Waals surface area contributed by atoms with E-state index in [4.69, 9.17) is 0 Å². The summed E-state index contributed by atoms with van der Waals surface area (Å²) < 4.78 is 12.8. The van der Waals surface area contributed by atoms with Crippen molar-refractivity contribution < 1.29 is 4.39 Å². The smallest absolute Gasteiger partial charge is 0.142 e. The molecule has 88 valence electrons. The van der Waals surface area contributed by atoms with Gasteiger partial charge in [0.15, 0.2) is 0 Å². The topological polar surface area (TPSA) is 24.9 Å². The molecule has 0 unspecified atom stereocenters. The molecule has 0 saturated heterocycles. The second-order valence-electron chi connectivity index (χ2n) is 4.80. The van der Waals surface area contributed by atoms with Crippen LogP contribution in [0, 0.1) is 5.82 Å². The number of halogens is 1. The van der Waals surface area contributed by atoms with Crippen LogP contribution in [0.15, 0.2) is 24.5 Å². The Balaban J connectivity index is 2.33. The highest BCUT2D eigenvalue weighted by Crippen LogP contribution is 2.04. The molecule has 0 spiro atoms. The van der Waals surface area contributed by atoms with Gasteiger partial charge in [-0.1, -0.05) is 12.2 Å². The Bertz CT molecular complexity index is 353. The van der Waals surface area contributed by atoms with Gasteiger partial charge >= 0.3 is 0 Å². The lowest BCUT2D eigenvalue weighted by molar-refractivity contribution is 0.431. The third kappa shape index (κ3) is 5.61. The highest BCUT2D eigenvalue weighted by Gasteiger charge is 2.06. The predicted octanol–water partition coefficient (Wildman–Crippen LogP) is 3.01. The molecular formula is C13H19FN2. The van der Waals surface area contributed by atoms with Crippen molar-refractivity contribution >= 4 is 6.08 Å². The van der Waals surface area contributed by atoms with E-state index < -0.39 is 0 Å². The maximum Gasteiger partial charge on any atom is 0.142 e. The number of pyridine rings is 1. The van der Waals surface area contributed by atoms with Crippen molar-refractivity contribution in [2.24, 2.45) is 0 Å². The molecule has 0 atom stereocenters. The first-order valence-electron chi connectivity index (χ1n) is 5.49. The zero-order valence-electron chi connectivity index (χ0n) is 10.1. The molecule has 3 heteroatoms. The zero-order chi connectivity index (χ0) is 12.0. The van der Waals surface area contributed by atoms with Crippen LogP contribution < -0.4 is 5.32 Å². The molecule has 0 aliphatic carbocycles. The highest BCUT2D eigenvalue weighted by atomic mass is 19.1. The van der Waals surface area contributed by atoms with E-state index in [-0.39, 0.29) is 11.4 Å². The quantitative estimate of drug-likeness (QED) is 0.792. The number of nitrogens with zero attached hydrogens (tertiary/aromatic N) is 1. The van der Waals surface area contributed by atoms with Gasteiger partial charge in [0.05, 0.1) is 6.20 Å². The first kappa shape index (κ1) is 12.8. The van der Waals surface area contributed by atoms with Gasteiger partial charge in [-0.3, -0.25) is 4.98 Å². The highest BCUT2D eigenvalue weighted by molar-refractivity contribution is 5.47. The van der Waals surface area contributed by atoms with Gasteiger partial charge in [-0.2, -0.15) is 0 Å². The van der Waals surface area contributed by atoms with Crippen molar-refractivity contribution in [3.63, 3.8) is 0 Å². The summed E-state index contributed by atoms with van der Waals surface area (Å²) in [5.74, 6) is -0.296. The van der Waals surface area contributed by atoms with Crippen molar-refractivity contribution in [1.29, 1.82) is 0 Å². The SMILES string of the molecule is CC(C)(C)NCCC=Cc1cncc(F)c1. The van der Waals surface area contributed by atoms with Crippen molar-refractivity contribution in [3.8, 4) is 0 Å². The van der Waals surface area contributed by atoms with Gasteiger partial charge in [0.2, 0.25) is 0 Å². The van der Waals surface area contributed by atoms with Crippen LogP contribution in [0.2, 0.25) is 0 Å². The summed E-state index contributed by atoms with van der Waals surface area (Å²) in [5.41, 5.74) is 0.949. The van der Waals surface area contributed by atoms with Crippen LogP contribution in [0.5, 0.6) is 0 Å². The standard InChI is InChI=1S/C13H19FN2/c1-13(2,3)16-7-5-4-6-11-8-12(14)10-15-9-11/h4,6,8-10,16H,5,7H2,1-3H3. The normalized spacial score (nSPS) is 12.2. The zero-order valence-corrected chi connectivity index (χ0v) is 10.1. The molecule has 1 aromatic rings. The van der Waals surface area contributed by atoms with Crippen LogP contribution in [0.4, 0.5) is 4.39 Å². The summed E-state index contributed by atoms with van der Waals surface area (Å²) in [6.45, 7) is 7.32.